The van der Waals surface area contributed by atoms with Gasteiger partial charge in [0.15, 0.2) is 0 Å². The minimum Gasteiger partial charge on any atom is -0.324 e. The Morgan fingerprint density at radius 1 is 1.56 bits per heavy atom. The highest BCUT2D eigenvalue weighted by atomic mass is 15.5. The lowest BCUT2D eigenvalue weighted by Crippen LogP contribution is -2.37. The molecule has 1 N–H and O–H groups in total. The van der Waals surface area contributed by atoms with Gasteiger partial charge in [-0.3, -0.25) is 0 Å². The summed E-state index contributed by atoms with van der Waals surface area (Å²) in [6.45, 7) is 9.91. The molecule has 0 aliphatic rings. The lowest BCUT2D eigenvalue weighted by atomic mass is 10.4. The lowest BCUT2D eigenvalue weighted by Gasteiger charge is -2.22. The van der Waals surface area contributed by atoms with Gasteiger partial charge < -0.3 is 5.43 Å². The predicted octanol–water partition coefficient (Wildman–Crippen LogP) is 1.36. The second-order valence-electron chi connectivity index (χ2n) is 2.60. The van der Waals surface area contributed by atoms with Crippen LogP contribution in [-0.2, 0) is 0 Å². The average molecular weight is 128 g/mol. The Bertz CT molecular complexity index is 97.1. The zero-order valence-corrected chi connectivity index (χ0v) is 6.73. The molecule has 0 aromatic heterocycles. The van der Waals surface area contributed by atoms with Crippen LogP contribution in [0.25, 0.3) is 0 Å². The van der Waals surface area contributed by atoms with Gasteiger partial charge >= 0.3 is 0 Å². The van der Waals surface area contributed by atoms with Gasteiger partial charge in [0.05, 0.1) is 0 Å². The van der Waals surface area contributed by atoms with Gasteiger partial charge in [-0.15, -0.1) is 0 Å². The molecule has 0 fully saturated rings. The third-order valence-corrected chi connectivity index (χ3v) is 1.14. The molecule has 2 heteroatoms. The maximum Gasteiger partial charge on any atom is 0.0231 e. The summed E-state index contributed by atoms with van der Waals surface area (Å²) in [4.78, 5) is 0. The van der Waals surface area contributed by atoms with Crippen LogP contribution >= 0.6 is 0 Å². The first-order chi connectivity index (χ1) is 4.04. The molecule has 0 heterocycles. The summed E-state index contributed by atoms with van der Waals surface area (Å²) in [6.07, 6.45) is 0. The smallest absolute Gasteiger partial charge is 0.0231 e. The van der Waals surface area contributed by atoms with Gasteiger partial charge in [0, 0.05) is 18.8 Å². The van der Waals surface area contributed by atoms with Crippen molar-refractivity contribution in [2.24, 2.45) is 0 Å². The molecule has 0 amide bonds. The van der Waals surface area contributed by atoms with Crippen LogP contribution in [0.5, 0.6) is 0 Å². The van der Waals surface area contributed by atoms with Crippen molar-refractivity contribution in [3.8, 4) is 0 Å². The number of nitrogens with zero attached hydrogens (tertiary/aromatic N) is 1. The number of hydrazine groups is 1. The maximum atomic E-state index is 3.72. The van der Waals surface area contributed by atoms with E-state index in [1.54, 1.807) is 0 Å². The molecule has 0 aromatic rings. The van der Waals surface area contributed by atoms with E-state index in [2.05, 4.69) is 25.9 Å². The van der Waals surface area contributed by atoms with Crippen LogP contribution < -0.4 is 5.43 Å². The highest BCUT2D eigenvalue weighted by Crippen LogP contribution is 1.90. The van der Waals surface area contributed by atoms with Crippen molar-refractivity contribution in [3.63, 3.8) is 0 Å². The van der Waals surface area contributed by atoms with E-state index in [4.69, 9.17) is 0 Å². The predicted molar refractivity (Wildman–Crippen MR) is 40.8 cm³/mol. The Morgan fingerprint density at radius 3 is 2.11 bits per heavy atom. The summed E-state index contributed by atoms with van der Waals surface area (Å²) in [6, 6.07) is 0.515. The summed E-state index contributed by atoms with van der Waals surface area (Å²) in [5.74, 6) is 0. The standard InChI is InChI=1S/C7H16N2/c1-6(2)8-9(5)7(3)4/h7-8H,1H2,2-5H3. The van der Waals surface area contributed by atoms with Crippen LogP contribution in [0.4, 0.5) is 0 Å². The second-order valence-corrected chi connectivity index (χ2v) is 2.60. The molecule has 0 aliphatic heterocycles. The molecule has 9 heavy (non-hydrogen) atoms. The topological polar surface area (TPSA) is 15.3 Å². The zero-order valence-electron chi connectivity index (χ0n) is 6.73. The van der Waals surface area contributed by atoms with Gasteiger partial charge in [-0.1, -0.05) is 6.58 Å². The third kappa shape index (κ3) is 4.03. The first kappa shape index (κ1) is 8.50. The first-order valence-corrected chi connectivity index (χ1v) is 3.19. The molecule has 0 saturated heterocycles. The van der Waals surface area contributed by atoms with Gasteiger partial charge in [0.25, 0.3) is 0 Å². The summed E-state index contributed by atoms with van der Waals surface area (Å²) >= 11 is 0. The van der Waals surface area contributed by atoms with Gasteiger partial charge in [-0.25, -0.2) is 5.01 Å². The van der Waals surface area contributed by atoms with Gasteiger partial charge in [0.1, 0.15) is 0 Å². The van der Waals surface area contributed by atoms with E-state index in [0.717, 1.165) is 5.70 Å². The van der Waals surface area contributed by atoms with E-state index in [9.17, 15) is 0 Å². The highest BCUT2D eigenvalue weighted by molar-refractivity contribution is 4.82. The normalized spacial score (nSPS) is 10.4. The Balaban J connectivity index is 3.50. The minimum absolute atomic E-state index is 0.515. The van der Waals surface area contributed by atoms with Gasteiger partial charge in [-0.2, -0.15) is 0 Å². The maximum absolute atomic E-state index is 3.72. The van der Waals surface area contributed by atoms with Crippen molar-refractivity contribution in [3.05, 3.63) is 12.3 Å². The van der Waals surface area contributed by atoms with E-state index < -0.39 is 0 Å². The third-order valence-electron chi connectivity index (χ3n) is 1.14. The van der Waals surface area contributed by atoms with E-state index in [-0.39, 0.29) is 0 Å². The number of rotatable bonds is 3. The Labute approximate surface area is 57.5 Å². The van der Waals surface area contributed by atoms with Crippen LogP contribution in [0, 0.1) is 0 Å². The fraction of sp³-hybridized carbons (Fsp3) is 0.714. The van der Waals surface area contributed by atoms with Crippen molar-refractivity contribution >= 4 is 0 Å². The quantitative estimate of drug-likeness (QED) is 0.577. The van der Waals surface area contributed by atoms with E-state index >= 15 is 0 Å². The van der Waals surface area contributed by atoms with Crippen LogP contribution in [0.15, 0.2) is 12.3 Å². The summed E-state index contributed by atoms with van der Waals surface area (Å²) < 4.78 is 0. The zero-order chi connectivity index (χ0) is 7.44. The molecule has 0 atom stereocenters. The van der Waals surface area contributed by atoms with E-state index in [1.165, 1.54) is 0 Å². The van der Waals surface area contributed by atoms with Crippen LogP contribution in [-0.4, -0.2) is 18.1 Å². The summed E-state index contributed by atoms with van der Waals surface area (Å²) in [5.41, 5.74) is 4.06. The molecule has 0 radical (unpaired) electrons. The Hall–Kier alpha value is -0.500. The highest BCUT2D eigenvalue weighted by Gasteiger charge is 1.99. The van der Waals surface area contributed by atoms with Gasteiger partial charge in [0.2, 0.25) is 0 Å². The largest absolute Gasteiger partial charge is 0.324 e. The number of hydrogen-bond acceptors (Lipinski definition) is 2. The Morgan fingerprint density at radius 2 is 2.00 bits per heavy atom. The molecule has 0 unspecified atom stereocenters. The SMILES string of the molecule is C=C(C)NN(C)C(C)C. The van der Waals surface area contributed by atoms with Crippen molar-refractivity contribution in [1.82, 2.24) is 10.4 Å². The molecule has 0 aromatic carbocycles. The number of allylic oxidation sites excluding steroid dienone is 1. The van der Waals surface area contributed by atoms with E-state index in [1.807, 2.05) is 19.0 Å². The van der Waals surface area contributed by atoms with Crippen molar-refractivity contribution in [1.29, 1.82) is 0 Å². The molecule has 0 saturated carbocycles. The molecule has 0 aliphatic carbocycles. The van der Waals surface area contributed by atoms with E-state index in [0.29, 0.717) is 6.04 Å². The molecular weight excluding hydrogens is 112 g/mol. The summed E-state index contributed by atoms with van der Waals surface area (Å²) in [5, 5.41) is 2.02. The fourth-order valence-corrected chi connectivity index (χ4v) is 0.430. The van der Waals surface area contributed by atoms with Crippen LogP contribution in [0.1, 0.15) is 20.8 Å². The summed E-state index contributed by atoms with van der Waals surface area (Å²) in [7, 11) is 2.00. The lowest BCUT2D eigenvalue weighted by molar-refractivity contribution is 0.212. The monoisotopic (exact) mass is 128 g/mol. The molecule has 2 nitrogen and oxygen atoms in total. The first-order valence-electron chi connectivity index (χ1n) is 3.19. The van der Waals surface area contributed by atoms with Crippen molar-refractivity contribution in [2.75, 3.05) is 7.05 Å². The molecule has 0 bridgehead atoms. The number of hydrogen-bond donors (Lipinski definition) is 1. The molecule has 0 spiro atoms. The van der Waals surface area contributed by atoms with Crippen LogP contribution in [0.3, 0.4) is 0 Å². The number of nitrogens with one attached hydrogen (secondary N) is 1. The van der Waals surface area contributed by atoms with Crippen LogP contribution in [0.2, 0.25) is 0 Å². The molecular formula is C7H16N2. The van der Waals surface area contributed by atoms with Crippen molar-refractivity contribution in [2.45, 2.75) is 26.8 Å². The molecule has 54 valence electrons. The second kappa shape index (κ2) is 3.51. The van der Waals surface area contributed by atoms with Gasteiger partial charge in [-0.05, 0) is 20.8 Å². The molecule has 0 rings (SSSR count). The van der Waals surface area contributed by atoms with Crippen molar-refractivity contribution < 1.29 is 0 Å². The Kier molecular flexibility index (Phi) is 3.32. The average Bonchev–Trinajstić information content (AvgIpc) is 1.63. The fourth-order valence-electron chi connectivity index (χ4n) is 0.430. The minimum atomic E-state index is 0.515.